The lowest BCUT2D eigenvalue weighted by Crippen LogP contribution is -2.28. The topological polar surface area (TPSA) is 18.5 Å². The Labute approximate surface area is 194 Å². The molecule has 0 saturated carbocycles. The predicted octanol–water partition coefficient (Wildman–Crippen LogP) is 6.07. The summed E-state index contributed by atoms with van der Waals surface area (Å²) >= 11 is 0. The zero-order chi connectivity index (χ0) is 22.7. The van der Waals surface area contributed by atoms with Crippen molar-refractivity contribution in [3.63, 3.8) is 0 Å². The first-order valence-electron chi connectivity index (χ1n) is 10.8. The number of ether oxygens (including phenoxy) is 2. The molecule has 4 aromatic carbocycles. The summed E-state index contributed by atoms with van der Waals surface area (Å²) in [5.74, 6) is 6.58. The smallest absolute Gasteiger partial charge is 0.148 e. The first-order chi connectivity index (χ1) is 16.3. The van der Waals surface area contributed by atoms with Gasteiger partial charge in [0.15, 0.2) is 0 Å². The van der Waals surface area contributed by atoms with Crippen molar-refractivity contribution in [2.45, 2.75) is 5.41 Å². The molecular formula is C31H22O2. The number of rotatable bonds is 6. The Hall–Kier alpha value is -4.40. The van der Waals surface area contributed by atoms with Crippen molar-refractivity contribution in [2.24, 2.45) is 0 Å². The summed E-state index contributed by atoms with van der Waals surface area (Å²) in [5.41, 5.74) is 6.53. The van der Waals surface area contributed by atoms with Crippen LogP contribution in [0.5, 0.6) is 11.5 Å². The van der Waals surface area contributed by atoms with Gasteiger partial charge in [0.25, 0.3) is 0 Å². The highest BCUT2D eigenvalue weighted by Crippen LogP contribution is 2.56. The summed E-state index contributed by atoms with van der Waals surface area (Å²) in [6.45, 7) is 0.443. The fraction of sp³-hybridized carbons (Fsp3) is 0.0968. The van der Waals surface area contributed by atoms with Gasteiger partial charge >= 0.3 is 0 Å². The molecule has 0 bridgehead atoms. The van der Waals surface area contributed by atoms with Crippen molar-refractivity contribution in [2.75, 3.05) is 13.2 Å². The highest BCUT2D eigenvalue weighted by atomic mass is 16.5. The van der Waals surface area contributed by atoms with Crippen molar-refractivity contribution in [1.82, 2.24) is 0 Å². The molecule has 4 aromatic rings. The molecule has 0 N–H and O–H groups in total. The molecule has 0 unspecified atom stereocenters. The lowest BCUT2D eigenvalue weighted by atomic mass is 9.67. The summed E-state index contributed by atoms with van der Waals surface area (Å²) < 4.78 is 11.6. The third kappa shape index (κ3) is 3.34. The molecule has 0 fully saturated rings. The van der Waals surface area contributed by atoms with Crippen LogP contribution in [0.3, 0.4) is 0 Å². The van der Waals surface area contributed by atoms with Gasteiger partial charge in [-0.3, -0.25) is 0 Å². The maximum Gasteiger partial charge on any atom is 0.148 e. The standard InChI is InChI=1S/C31H22O2/c1-3-19-32-25-13-9-11-23(21-25)31(24-12-10-14-26(22-24)33-20-4-2)29-17-7-5-15-27(29)28-16-6-8-18-30(28)31/h1-2,5-18,21-22H,19-20H2. The Morgan fingerprint density at radius 1 is 0.576 bits per heavy atom. The van der Waals surface area contributed by atoms with Crippen molar-refractivity contribution >= 4 is 0 Å². The van der Waals surface area contributed by atoms with E-state index < -0.39 is 5.41 Å². The SMILES string of the molecule is C#CCOc1cccc(C2(c3cccc(OCC#C)c3)c3ccccc3-c3ccccc32)c1. The Morgan fingerprint density at radius 2 is 1.03 bits per heavy atom. The average Bonchev–Trinajstić information content (AvgIpc) is 3.18. The molecule has 0 aliphatic heterocycles. The molecule has 2 heteroatoms. The Bertz CT molecular complexity index is 1290. The van der Waals surface area contributed by atoms with Gasteiger partial charge in [-0.2, -0.15) is 0 Å². The average molecular weight is 427 g/mol. The van der Waals surface area contributed by atoms with E-state index in [1.165, 1.54) is 22.3 Å². The maximum absolute atomic E-state index is 5.81. The molecule has 0 saturated heterocycles. The molecule has 1 aliphatic carbocycles. The third-order valence-electron chi connectivity index (χ3n) is 6.13. The van der Waals surface area contributed by atoms with E-state index in [0.29, 0.717) is 0 Å². The van der Waals surface area contributed by atoms with Crippen molar-refractivity contribution < 1.29 is 9.47 Å². The van der Waals surface area contributed by atoms with Crippen LogP contribution in [0.25, 0.3) is 11.1 Å². The van der Waals surface area contributed by atoms with Gasteiger partial charge in [0.1, 0.15) is 24.7 Å². The first kappa shape index (κ1) is 20.5. The first-order valence-corrected chi connectivity index (χ1v) is 10.8. The summed E-state index contributed by atoms with van der Waals surface area (Å²) in [6, 6.07) is 33.5. The van der Waals surface area contributed by atoms with E-state index in [1.807, 2.05) is 24.3 Å². The lowest BCUT2D eigenvalue weighted by Gasteiger charge is -2.34. The molecule has 0 atom stereocenters. The lowest BCUT2D eigenvalue weighted by molar-refractivity contribution is 0.369. The normalized spacial score (nSPS) is 12.7. The number of terminal acetylenes is 2. The molecule has 5 rings (SSSR count). The Balaban J connectivity index is 1.83. The van der Waals surface area contributed by atoms with E-state index in [-0.39, 0.29) is 13.2 Å². The minimum Gasteiger partial charge on any atom is -0.481 e. The second-order valence-electron chi connectivity index (χ2n) is 7.88. The van der Waals surface area contributed by atoms with Gasteiger partial charge in [-0.1, -0.05) is 84.6 Å². The second kappa shape index (κ2) is 8.62. The van der Waals surface area contributed by atoms with E-state index in [9.17, 15) is 0 Å². The zero-order valence-corrected chi connectivity index (χ0v) is 18.1. The number of benzene rings is 4. The van der Waals surface area contributed by atoms with Gasteiger partial charge in [0, 0.05) is 0 Å². The third-order valence-corrected chi connectivity index (χ3v) is 6.13. The largest absolute Gasteiger partial charge is 0.481 e. The molecular weight excluding hydrogens is 404 g/mol. The molecule has 0 radical (unpaired) electrons. The fourth-order valence-corrected chi connectivity index (χ4v) is 4.91. The minimum atomic E-state index is -0.543. The number of hydrogen-bond donors (Lipinski definition) is 0. The van der Waals surface area contributed by atoms with Crippen molar-refractivity contribution in [3.8, 4) is 47.3 Å². The molecule has 0 amide bonds. The van der Waals surface area contributed by atoms with Crippen LogP contribution in [0, 0.1) is 24.7 Å². The van der Waals surface area contributed by atoms with Crippen LogP contribution in [0.4, 0.5) is 0 Å². The van der Waals surface area contributed by atoms with Crippen molar-refractivity contribution in [3.05, 3.63) is 119 Å². The van der Waals surface area contributed by atoms with Gasteiger partial charge < -0.3 is 9.47 Å². The van der Waals surface area contributed by atoms with Crippen molar-refractivity contribution in [1.29, 1.82) is 0 Å². The minimum absolute atomic E-state index is 0.221. The van der Waals surface area contributed by atoms with Crippen LogP contribution in [-0.4, -0.2) is 13.2 Å². The van der Waals surface area contributed by atoms with E-state index in [4.69, 9.17) is 22.3 Å². The predicted molar refractivity (Wildman–Crippen MR) is 132 cm³/mol. The van der Waals surface area contributed by atoms with E-state index in [1.54, 1.807) is 0 Å². The zero-order valence-electron chi connectivity index (χ0n) is 18.1. The van der Waals surface area contributed by atoms with Crippen LogP contribution in [0.1, 0.15) is 22.3 Å². The second-order valence-corrected chi connectivity index (χ2v) is 7.88. The number of hydrogen-bond acceptors (Lipinski definition) is 2. The van der Waals surface area contributed by atoms with E-state index in [2.05, 4.69) is 84.6 Å². The molecule has 0 heterocycles. The molecule has 158 valence electrons. The summed E-state index contributed by atoms with van der Waals surface area (Å²) in [4.78, 5) is 0. The van der Waals surface area contributed by atoms with E-state index >= 15 is 0 Å². The van der Waals surface area contributed by atoms with Gasteiger partial charge in [0.2, 0.25) is 0 Å². The van der Waals surface area contributed by atoms with E-state index in [0.717, 1.165) is 22.6 Å². The molecule has 0 spiro atoms. The number of fused-ring (bicyclic) bond motifs is 3. The Kier molecular flexibility index (Phi) is 5.35. The van der Waals surface area contributed by atoms with Crippen LogP contribution >= 0.6 is 0 Å². The van der Waals surface area contributed by atoms with Gasteiger partial charge in [-0.15, -0.1) is 12.8 Å². The van der Waals surface area contributed by atoms with Gasteiger partial charge in [-0.25, -0.2) is 0 Å². The van der Waals surface area contributed by atoms with Gasteiger partial charge in [0.05, 0.1) is 5.41 Å². The maximum atomic E-state index is 5.81. The van der Waals surface area contributed by atoms with Crippen LogP contribution in [-0.2, 0) is 5.41 Å². The van der Waals surface area contributed by atoms with Crippen LogP contribution in [0.2, 0.25) is 0 Å². The quantitative estimate of drug-likeness (QED) is 0.307. The highest BCUT2D eigenvalue weighted by Gasteiger charge is 2.46. The summed E-state index contributed by atoms with van der Waals surface area (Å²) in [5, 5.41) is 0. The van der Waals surface area contributed by atoms with Crippen LogP contribution < -0.4 is 9.47 Å². The molecule has 2 nitrogen and oxygen atoms in total. The Morgan fingerprint density at radius 3 is 1.48 bits per heavy atom. The molecule has 0 aromatic heterocycles. The van der Waals surface area contributed by atoms with Crippen LogP contribution in [0.15, 0.2) is 97.1 Å². The highest BCUT2D eigenvalue weighted by molar-refractivity contribution is 5.86. The summed E-state index contributed by atoms with van der Waals surface area (Å²) in [6.07, 6.45) is 10.9. The molecule has 1 aliphatic rings. The fourth-order valence-electron chi connectivity index (χ4n) is 4.91. The molecule has 33 heavy (non-hydrogen) atoms. The van der Waals surface area contributed by atoms with Gasteiger partial charge in [-0.05, 0) is 57.6 Å². The summed E-state index contributed by atoms with van der Waals surface area (Å²) in [7, 11) is 0. The monoisotopic (exact) mass is 426 g/mol.